The van der Waals surface area contributed by atoms with E-state index in [9.17, 15) is 13.2 Å². The summed E-state index contributed by atoms with van der Waals surface area (Å²) in [6, 6.07) is 5.09. The number of carbonyl (C=O) groups is 1. The lowest BCUT2D eigenvalue weighted by atomic mass is 9.49. The molecule has 4 aliphatic rings. The molecule has 1 amide bonds. The molecule has 4 fully saturated rings. The van der Waals surface area contributed by atoms with E-state index in [-0.39, 0.29) is 22.8 Å². The molecular formula is C29H45NO4S. The van der Waals surface area contributed by atoms with Crippen LogP contribution in [0.15, 0.2) is 23.1 Å². The van der Waals surface area contributed by atoms with E-state index < -0.39 is 10.1 Å². The Labute approximate surface area is 212 Å². The summed E-state index contributed by atoms with van der Waals surface area (Å²) < 4.78 is 31.4. The summed E-state index contributed by atoms with van der Waals surface area (Å²) in [5, 5.41) is 2.97. The van der Waals surface area contributed by atoms with Crippen LogP contribution in [0.4, 0.5) is 5.69 Å². The molecule has 5 nitrogen and oxygen atoms in total. The quantitative estimate of drug-likeness (QED) is 0.212. The van der Waals surface area contributed by atoms with Crippen molar-refractivity contribution in [2.75, 3.05) is 11.9 Å². The van der Waals surface area contributed by atoms with Gasteiger partial charge in [0.25, 0.3) is 10.1 Å². The number of unbranched alkanes of at least 4 members (excludes halogenated alkanes) is 7. The summed E-state index contributed by atoms with van der Waals surface area (Å²) in [5.74, 6) is 2.30. The molecule has 6 heteroatoms. The number of rotatable bonds is 14. The second kappa shape index (κ2) is 11.8. The Hall–Kier alpha value is -1.40. The number of anilines is 1. The van der Waals surface area contributed by atoms with Crippen LogP contribution in [-0.2, 0) is 19.1 Å². The molecule has 0 radical (unpaired) electrons. The molecule has 196 valence electrons. The fourth-order valence-electron chi connectivity index (χ4n) is 7.47. The van der Waals surface area contributed by atoms with Crippen LogP contribution in [0.5, 0.6) is 0 Å². The minimum Gasteiger partial charge on any atom is -0.325 e. The van der Waals surface area contributed by atoms with Crippen molar-refractivity contribution in [3.05, 3.63) is 23.8 Å². The zero-order valence-electron chi connectivity index (χ0n) is 21.8. The normalized spacial score (nSPS) is 27.3. The van der Waals surface area contributed by atoms with Gasteiger partial charge in [-0.05, 0) is 92.7 Å². The number of nitrogens with one attached hydrogen (secondary N) is 1. The van der Waals surface area contributed by atoms with Gasteiger partial charge in [0.2, 0.25) is 5.91 Å². The number of benzene rings is 1. The lowest BCUT2D eigenvalue weighted by Crippen LogP contribution is -2.47. The molecule has 0 aliphatic heterocycles. The minimum absolute atomic E-state index is 0.0583. The summed E-state index contributed by atoms with van der Waals surface area (Å²) in [6.45, 7) is 4.31. The lowest BCUT2D eigenvalue weighted by molar-refractivity contribution is -0.124. The Balaban J connectivity index is 1.30. The molecule has 1 N–H and O–H groups in total. The number of hydrogen-bond donors (Lipinski definition) is 1. The van der Waals surface area contributed by atoms with Gasteiger partial charge in [0.1, 0.15) is 4.90 Å². The van der Waals surface area contributed by atoms with E-state index in [1.807, 2.05) is 6.92 Å². The maximum absolute atomic E-state index is 13.2. The van der Waals surface area contributed by atoms with Crippen LogP contribution in [0.2, 0.25) is 0 Å². The Morgan fingerprint density at radius 1 is 0.943 bits per heavy atom. The van der Waals surface area contributed by atoms with Gasteiger partial charge in [-0.15, -0.1) is 0 Å². The predicted molar refractivity (Wildman–Crippen MR) is 141 cm³/mol. The molecule has 0 atom stereocenters. The third-order valence-corrected chi connectivity index (χ3v) is 9.99. The molecule has 4 bridgehead atoms. The Morgan fingerprint density at radius 3 is 2.11 bits per heavy atom. The van der Waals surface area contributed by atoms with Gasteiger partial charge in [0, 0.05) is 6.42 Å². The Morgan fingerprint density at radius 2 is 1.51 bits per heavy atom. The summed E-state index contributed by atoms with van der Waals surface area (Å²) in [7, 11) is -3.93. The summed E-state index contributed by atoms with van der Waals surface area (Å²) in [6.07, 6.45) is 17.1. The van der Waals surface area contributed by atoms with Gasteiger partial charge < -0.3 is 5.32 Å². The molecule has 35 heavy (non-hydrogen) atoms. The molecular weight excluding hydrogens is 458 g/mol. The second-order valence-electron chi connectivity index (χ2n) is 11.9. The summed E-state index contributed by atoms with van der Waals surface area (Å²) in [4.78, 5) is 13.2. The number of carbonyl (C=O) groups excluding carboxylic acids is 1. The maximum Gasteiger partial charge on any atom is 0.299 e. The lowest BCUT2D eigenvalue weighted by Gasteiger charge is -2.56. The largest absolute Gasteiger partial charge is 0.325 e. The number of aryl methyl sites for hydroxylation is 1. The predicted octanol–water partition coefficient (Wildman–Crippen LogP) is 7.39. The first-order valence-corrected chi connectivity index (χ1v) is 15.5. The standard InChI is InChI=1S/C29H45NO4S/c1-3-4-5-6-7-8-9-10-13-34-35(32,33)27-12-11-22(2)14-26(27)30-28(31)21-29-18-23-15-24(19-29)17-25(16-23)20-29/h11-12,14,23-25H,3-10,13,15-21H2,1-2H3,(H,30,31). The van der Waals surface area contributed by atoms with E-state index in [1.54, 1.807) is 18.2 Å². The highest BCUT2D eigenvalue weighted by Crippen LogP contribution is 2.61. The molecule has 0 aromatic heterocycles. The van der Waals surface area contributed by atoms with E-state index in [0.29, 0.717) is 12.1 Å². The van der Waals surface area contributed by atoms with Crippen molar-refractivity contribution in [2.24, 2.45) is 23.2 Å². The Bertz CT molecular complexity index is 936. The highest BCUT2D eigenvalue weighted by Gasteiger charge is 2.51. The molecule has 4 aliphatic carbocycles. The third kappa shape index (κ3) is 7.09. The van der Waals surface area contributed by atoms with Gasteiger partial charge in [-0.25, -0.2) is 0 Å². The maximum atomic E-state index is 13.2. The van der Waals surface area contributed by atoms with Crippen LogP contribution in [-0.4, -0.2) is 20.9 Å². The monoisotopic (exact) mass is 503 g/mol. The first-order chi connectivity index (χ1) is 16.8. The number of hydrogen-bond acceptors (Lipinski definition) is 4. The van der Waals surface area contributed by atoms with Crippen molar-refractivity contribution in [1.82, 2.24) is 0 Å². The first-order valence-electron chi connectivity index (χ1n) is 14.1. The SMILES string of the molecule is CCCCCCCCCCOS(=O)(=O)c1ccc(C)cc1NC(=O)CC12CC3CC(CC(C3)C1)C2. The highest BCUT2D eigenvalue weighted by molar-refractivity contribution is 7.87. The molecule has 0 saturated heterocycles. The van der Waals surface area contributed by atoms with Crippen LogP contribution in [0, 0.1) is 30.1 Å². The van der Waals surface area contributed by atoms with Gasteiger partial charge in [0.15, 0.2) is 0 Å². The molecule has 0 spiro atoms. The van der Waals surface area contributed by atoms with E-state index in [1.165, 1.54) is 51.4 Å². The van der Waals surface area contributed by atoms with E-state index >= 15 is 0 Å². The highest BCUT2D eigenvalue weighted by atomic mass is 32.2. The van der Waals surface area contributed by atoms with E-state index in [0.717, 1.165) is 61.8 Å². The van der Waals surface area contributed by atoms with Crippen molar-refractivity contribution in [3.63, 3.8) is 0 Å². The third-order valence-electron chi connectivity index (χ3n) is 8.62. The molecule has 5 rings (SSSR count). The molecule has 4 saturated carbocycles. The zero-order chi connectivity index (χ0) is 24.9. The molecule has 0 unspecified atom stereocenters. The van der Waals surface area contributed by atoms with Gasteiger partial charge >= 0.3 is 0 Å². The Kier molecular flexibility index (Phi) is 8.96. The second-order valence-corrected chi connectivity index (χ2v) is 13.5. The van der Waals surface area contributed by atoms with Gasteiger partial charge in [-0.2, -0.15) is 8.42 Å². The van der Waals surface area contributed by atoms with E-state index in [4.69, 9.17) is 4.18 Å². The van der Waals surface area contributed by atoms with Gasteiger partial charge in [-0.3, -0.25) is 8.98 Å². The van der Waals surface area contributed by atoms with Crippen LogP contribution in [0.1, 0.15) is 109 Å². The fourth-order valence-corrected chi connectivity index (χ4v) is 8.55. The molecule has 0 heterocycles. The van der Waals surface area contributed by atoms with Crippen molar-refractivity contribution >= 4 is 21.7 Å². The summed E-state index contributed by atoms with van der Waals surface area (Å²) >= 11 is 0. The molecule has 1 aromatic carbocycles. The number of amides is 1. The smallest absolute Gasteiger partial charge is 0.299 e. The fraction of sp³-hybridized carbons (Fsp3) is 0.759. The first kappa shape index (κ1) is 26.7. The van der Waals surface area contributed by atoms with Crippen molar-refractivity contribution < 1.29 is 17.4 Å². The van der Waals surface area contributed by atoms with Crippen LogP contribution >= 0.6 is 0 Å². The average Bonchev–Trinajstić information content (AvgIpc) is 2.76. The van der Waals surface area contributed by atoms with E-state index in [2.05, 4.69) is 12.2 Å². The van der Waals surface area contributed by atoms with Crippen LogP contribution < -0.4 is 5.32 Å². The van der Waals surface area contributed by atoms with Crippen molar-refractivity contribution in [1.29, 1.82) is 0 Å². The van der Waals surface area contributed by atoms with Crippen LogP contribution in [0.3, 0.4) is 0 Å². The van der Waals surface area contributed by atoms with Crippen LogP contribution in [0.25, 0.3) is 0 Å². The van der Waals surface area contributed by atoms with Gasteiger partial charge in [0.05, 0.1) is 12.3 Å². The molecule has 1 aromatic rings. The van der Waals surface area contributed by atoms with Crippen molar-refractivity contribution in [3.8, 4) is 0 Å². The summed E-state index contributed by atoms with van der Waals surface area (Å²) in [5.41, 5.74) is 1.39. The minimum atomic E-state index is -3.93. The van der Waals surface area contributed by atoms with Gasteiger partial charge in [-0.1, -0.05) is 57.9 Å². The average molecular weight is 504 g/mol. The topological polar surface area (TPSA) is 72.5 Å². The van der Waals surface area contributed by atoms with Crippen molar-refractivity contribution in [2.45, 2.75) is 115 Å². The zero-order valence-corrected chi connectivity index (χ0v) is 22.6.